The van der Waals surface area contributed by atoms with Crippen LogP contribution in [0.25, 0.3) is 0 Å². The fourth-order valence-corrected chi connectivity index (χ4v) is 5.10. The van der Waals surface area contributed by atoms with Crippen molar-refractivity contribution in [3.8, 4) is 11.8 Å². The van der Waals surface area contributed by atoms with E-state index in [4.69, 9.17) is 4.74 Å². The monoisotopic (exact) mass is 422 g/mol. The lowest BCUT2D eigenvalue weighted by atomic mass is 9.80. The van der Waals surface area contributed by atoms with Crippen molar-refractivity contribution in [1.82, 2.24) is 10.2 Å². The van der Waals surface area contributed by atoms with Gasteiger partial charge in [0.1, 0.15) is 5.69 Å². The first-order valence-electron chi connectivity index (χ1n) is 10.7. The Kier molecular flexibility index (Phi) is 7.55. The molecule has 1 aromatic carbocycles. The van der Waals surface area contributed by atoms with Gasteiger partial charge in [-0.2, -0.15) is 5.10 Å². The van der Waals surface area contributed by atoms with Crippen LogP contribution in [0, 0.1) is 18.8 Å². The fraction of sp³-hybridized carbons (Fsp3) is 0.480. The molecule has 1 aromatic heterocycles. The molecule has 0 atom stereocenters. The molecule has 4 nitrogen and oxygen atoms in total. The number of fused-ring (bicyclic) bond motifs is 1. The van der Waals surface area contributed by atoms with Gasteiger partial charge in [0.05, 0.1) is 12.3 Å². The second kappa shape index (κ2) is 10.1. The van der Waals surface area contributed by atoms with Crippen LogP contribution in [0.15, 0.2) is 29.2 Å². The van der Waals surface area contributed by atoms with Gasteiger partial charge >= 0.3 is 5.97 Å². The molecular formula is C25H30N2O2S. The second-order valence-corrected chi connectivity index (χ2v) is 9.45. The number of aromatic nitrogens is 2. The van der Waals surface area contributed by atoms with E-state index in [1.807, 2.05) is 30.8 Å². The summed E-state index contributed by atoms with van der Waals surface area (Å²) in [5.74, 6) is 7.51. The minimum atomic E-state index is -0.131. The number of rotatable bonds is 6. The molecule has 30 heavy (non-hydrogen) atoms. The molecule has 1 aliphatic heterocycles. The molecule has 2 aromatic rings. The summed E-state index contributed by atoms with van der Waals surface area (Å²) < 4.78 is 4.94. The molecule has 0 aliphatic carbocycles. The smallest absolute Gasteiger partial charge is 0.305 e. The average Bonchev–Trinajstić information content (AvgIpc) is 2.71. The Hall–Kier alpha value is -2.32. The number of ether oxygens (including phenoxy) is 1. The van der Waals surface area contributed by atoms with Gasteiger partial charge in [-0.15, -0.1) is 16.9 Å². The van der Waals surface area contributed by atoms with E-state index in [2.05, 4.69) is 54.9 Å². The van der Waals surface area contributed by atoms with E-state index in [9.17, 15) is 4.79 Å². The number of unbranched alkanes of at least 4 members (excludes halogenated alkanes) is 1. The van der Waals surface area contributed by atoms with E-state index in [0.717, 1.165) is 30.5 Å². The Morgan fingerprint density at radius 3 is 2.77 bits per heavy atom. The number of nitrogens with zero attached hydrogens (tertiary/aromatic N) is 2. The normalized spacial score (nSPS) is 14.4. The van der Waals surface area contributed by atoms with Gasteiger partial charge in [0.2, 0.25) is 0 Å². The highest BCUT2D eigenvalue weighted by Crippen LogP contribution is 2.42. The molecule has 0 saturated carbocycles. The van der Waals surface area contributed by atoms with Crippen molar-refractivity contribution < 1.29 is 9.53 Å². The predicted molar refractivity (Wildman–Crippen MR) is 122 cm³/mol. The Morgan fingerprint density at radius 2 is 2.03 bits per heavy atom. The Bertz CT molecular complexity index is 956. The molecule has 5 heteroatoms. The molecule has 0 spiro atoms. The maximum absolute atomic E-state index is 11.4. The molecule has 0 saturated heterocycles. The van der Waals surface area contributed by atoms with Crippen LogP contribution in [0.4, 0.5) is 0 Å². The van der Waals surface area contributed by atoms with Crippen LogP contribution >= 0.6 is 11.8 Å². The summed E-state index contributed by atoms with van der Waals surface area (Å²) in [6, 6.07) is 8.43. The lowest BCUT2D eigenvalue weighted by Gasteiger charge is -2.32. The summed E-state index contributed by atoms with van der Waals surface area (Å²) in [6.45, 7) is 9.01. The number of esters is 1. The first-order chi connectivity index (χ1) is 14.4. The van der Waals surface area contributed by atoms with Crippen molar-refractivity contribution in [3.05, 3.63) is 52.3 Å². The van der Waals surface area contributed by atoms with Gasteiger partial charge in [-0.3, -0.25) is 4.79 Å². The SMILES string of the molecule is CCOC(=O)CCCCc1ccc(C#Cc2cc3c(cc2C)SCCC3(C)C)nn1. The van der Waals surface area contributed by atoms with Crippen LogP contribution in [0.1, 0.15) is 74.5 Å². The van der Waals surface area contributed by atoms with Gasteiger partial charge in [0, 0.05) is 16.9 Å². The summed E-state index contributed by atoms with van der Waals surface area (Å²) in [5.41, 5.74) is 5.47. The minimum absolute atomic E-state index is 0.131. The fourth-order valence-electron chi connectivity index (χ4n) is 3.52. The topological polar surface area (TPSA) is 52.1 Å². The standard InChI is InChI=1S/C25H30N2O2S/c1-5-29-24(28)9-7-6-8-20-12-13-21(27-26-20)11-10-19-17-22-23(16-18(19)2)30-15-14-25(22,3)4/h12-13,16-17H,5-9,14-15H2,1-4H3. The molecule has 0 unspecified atom stereocenters. The molecule has 2 heterocycles. The van der Waals surface area contributed by atoms with E-state index >= 15 is 0 Å². The van der Waals surface area contributed by atoms with E-state index in [0.29, 0.717) is 18.7 Å². The number of carbonyl (C=O) groups excluding carboxylic acids is 1. The average molecular weight is 423 g/mol. The van der Waals surface area contributed by atoms with Crippen LogP contribution in [-0.4, -0.2) is 28.5 Å². The highest BCUT2D eigenvalue weighted by molar-refractivity contribution is 7.99. The maximum Gasteiger partial charge on any atom is 0.305 e. The van der Waals surface area contributed by atoms with E-state index in [-0.39, 0.29) is 11.4 Å². The molecule has 3 rings (SSSR count). The Morgan fingerprint density at radius 1 is 1.20 bits per heavy atom. The molecule has 1 aliphatic rings. The maximum atomic E-state index is 11.4. The van der Waals surface area contributed by atoms with Gasteiger partial charge in [-0.1, -0.05) is 19.8 Å². The molecule has 158 valence electrons. The highest BCUT2D eigenvalue weighted by Gasteiger charge is 2.28. The van der Waals surface area contributed by atoms with Crippen molar-refractivity contribution in [1.29, 1.82) is 0 Å². The van der Waals surface area contributed by atoms with Gasteiger partial charge < -0.3 is 4.74 Å². The van der Waals surface area contributed by atoms with Gasteiger partial charge in [-0.25, -0.2) is 0 Å². The second-order valence-electron chi connectivity index (χ2n) is 8.32. The van der Waals surface area contributed by atoms with Crippen molar-refractivity contribution in [3.63, 3.8) is 0 Å². The Balaban J connectivity index is 1.62. The summed E-state index contributed by atoms with van der Waals surface area (Å²) in [6.07, 6.45) is 4.14. The van der Waals surface area contributed by atoms with Crippen molar-refractivity contribution in [2.24, 2.45) is 0 Å². The van der Waals surface area contributed by atoms with E-state index < -0.39 is 0 Å². The Labute approximate surface area is 184 Å². The highest BCUT2D eigenvalue weighted by atomic mass is 32.2. The largest absolute Gasteiger partial charge is 0.466 e. The van der Waals surface area contributed by atoms with Crippen molar-refractivity contribution in [2.45, 2.75) is 70.1 Å². The number of carbonyl (C=O) groups is 1. The first kappa shape index (κ1) is 22.4. The van der Waals surface area contributed by atoms with Crippen LogP contribution in [0.5, 0.6) is 0 Å². The van der Waals surface area contributed by atoms with Crippen LogP contribution in [0.2, 0.25) is 0 Å². The third kappa shape index (κ3) is 5.86. The van der Waals surface area contributed by atoms with E-state index in [1.165, 1.54) is 28.2 Å². The summed E-state index contributed by atoms with van der Waals surface area (Å²) in [4.78, 5) is 12.8. The van der Waals surface area contributed by atoms with Gasteiger partial charge in [0.25, 0.3) is 0 Å². The first-order valence-corrected chi connectivity index (χ1v) is 11.7. The molecule has 0 radical (unpaired) electrons. The van der Waals surface area contributed by atoms with Crippen molar-refractivity contribution >= 4 is 17.7 Å². The van der Waals surface area contributed by atoms with Gasteiger partial charge in [-0.05, 0) is 92.0 Å². The van der Waals surface area contributed by atoms with Gasteiger partial charge in [0.15, 0.2) is 0 Å². The van der Waals surface area contributed by atoms with Crippen LogP contribution < -0.4 is 0 Å². The molecule has 0 amide bonds. The minimum Gasteiger partial charge on any atom is -0.466 e. The zero-order valence-corrected chi connectivity index (χ0v) is 19.2. The number of thioether (sulfide) groups is 1. The van der Waals surface area contributed by atoms with Crippen molar-refractivity contribution in [2.75, 3.05) is 12.4 Å². The summed E-state index contributed by atoms with van der Waals surface area (Å²) in [7, 11) is 0. The van der Waals surface area contributed by atoms with E-state index in [1.54, 1.807) is 0 Å². The summed E-state index contributed by atoms with van der Waals surface area (Å²) >= 11 is 1.95. The molecular weight excluding hydrogens is 392 g/mol. The number of hydrogen-bond donors (Lipinski definition) is 0. The molecule has 0 bridgehead atoms. The predicted octanol–water partition coefficient (Wildman–Crippen LogP) is 5.23. The quantitative estimate of drug-likeness (QED) is 0.362. The third-order valence-electron chi connectivity index (χ3n) is 5.45. The number of hydrogen-bond acceptors (Lipinski definition) is 5. The zero-order chi connectivity index (χ0) is 21.6. The third-order valence-corrected chi connectivity index (χ3v) is 6.51. The number of aryl methyl sites for hydroxylation is 2. The van der Waals surface area contributed by atoms with Crippen LogP contribution in [0.3, 0.4) is 0 Å². The zero-order valence-electron chi connectivity index (χ0n) is 18.4. The molecule has 0 fully saturated rings. The lowest BCUT2D eigenvalue weighted by molar-refractivity contribution is -0.143. The molecule has 0 N–H and O–H groups in total. The van der Waals surface area contributed by atoms with Crippen LogP contribution in [-0.2, 0) is 21.4 Å². The number of benzene rings is 1. The summed E-state index contributed by atoms with van der Waals surface area (Å²) in [5, 5.41) is 8.55. The lowest BCUT2D eigenvalue weighted by Crippen LogP contribution is -2.23.